The second kappa shape index (κ2) is 5.16. The maximum Gasteiger partial charge on any atom is 0.529 e. The molecule has 5 nitrogen and oxygen atoms in total. The van der Waals surface area contributed by atoms with Gasteiger partial charge in [-0.05, 0) is 12.1 Å². The van der Waals surface area contributed by atoms with Crippen LogP contribution in [0.5, 0.6) is 11.5 Å². The summed E-state index contributed by atoms with van der Waals surface area (Å²) in [7, 11) is 0.553. The van der Waals surface area contributed by atoms with Crippen molar-refractivity contribution >= 4 is 7.82 Å². The minimum Gasteiger partial charge on any atom is -0.497 e. The molecule has 1 rings (SSSR count). The molecule has 0 fully saturated rings. The zero-order chi connectivity index (χ0) is 11.3. The van der Waals surface area contributed by atoms with Crippen molar-refractivity contribution in [3.05, 3.63) is 24.3 Å². The third-order valence-corrected chi connectivity index (χ3v) is 3.03. The van der Waals surface area contributed by atoms with Gasteiger partial charge in [0.05, 0.1) is 7.11 Å². The molecule has 1 aromatic rings. The van der Waals surface area contributed by atoms with Crippen molar-refractivity contribution in [1.29, 1.82) is 0 Å². The molecule has 0 heterocycles. The predicted octanol–water partition coefficient (Wildman–Crippen LogP) is 2.47. The Balaban J connectivity index is 2.84. The van der Waals surface area contributed by atoms with Crippen molar-refractivity contribution in [3.8, 4) is 11.5 Å². The topological polar surface area (TPSA) is 54.0 Å². The van der Waals surface area contributed by atoms with Gasteiger partial charge in [-0.3, -0.25) is 9.05 Å². The van der Waals surface area contributed by atoms with Crippen LogP contribution in [-0.2, 0) is 13.6 Å². The lowest BCUT2D eigenvalue weighted by molar-refractivity contribution is 0.211. The van der Waals surface area contributed by atoms with E-state index in [1.165, 1.54) is 21.3 Å². The summed E-state index contributed by atoms with van der Waals surface area (Å²) in [4.78, 5) is 0. The van der Waals surface area contributed by atoms with Gasteiger partial charge in [0.15, 0.2) is 0 Å². The van der Waals surface area contributed by atoms with Crippen molar-refractivity contribution in [3.63, 3.8) is 0 Å². The van der Waals surface area contributed by atoms with Crippen LogP contribution >= 0.6 is 7.82 Å². The number of ether oxygens (including phenoxy) is 1. The van der Waals surface area contributed by atoms with E-state index in [0.29, 0.717) is 11.5 Å². The summed E-state index contributed by atoms with van der Waals surface area (Å²) in [5.41, 5.74) is 0. The molecular formula is C9H13O5P. The predicted molar refractivity (Wildman–Crippen MR) is 55.2 cm³/mol. The average Bonchev–Trinajstić information content (AvgIpc) is 2.29. The highest BCUT2D eigenvalue weighted by atomic mass is 31.2. The summed E-state index contributed by atoms with van der Waals surface area (Å²) >= 11 is 0. The summed E-state index contributed by atoms with van der Waals surface area (Å²) in [5.74, 6) is 0.965. The smallest absolute Gasteiger partial charge is 0.497 e. The number of rotatable bonds is 5. The molecule has 0 saturated heterocycles. The van der Waals surface area contributed by atoms with Crippen molar-refractivity contribution < 1.29 is 22.9 Å². The molecule has 0 N–H and O–H groups in total. The number of methoxy groups -OCH3 is 1. The lowest BCUT2D eigenvalue weighted by Gasteiger charge is -2.14. The number of phosphoric ester groups is 1. The number of hydrogen-bond acceptors (Lipinski definition) is 5. The van der Waals surface area contributed by atoms with Gasteiger partial charge < -0.3 is 9.26 Å². The first kappa shape index (κ1) is 12.0. The fourth-order valence-electron chi connectivity index (χ4n) is 0.936. The van der Waals surface area contributed by atoms with E-state index in [2.05, 4.69) is 9.05 Å². The van der Waals surface area contributed by atoms with Gasteiger partial charge in [-0.15, -0.1) is 0 Å². The summed E-state index contributed by atoms with van der Waals surface area (Å²) in [6.07, 6.45) is 0. The Bertz CT molecular complexity index is 357. The third kappa shape index (κ3) is 3.23. The first-order valence-corrected chi connectivity index (χ1v) is 5.65. The summed E-state index contributed by atoms with van der Waals surface area (Å²) < 4.78 is 30.9. The fraction of sp³-hybridized carbons (Fsp3) is 0.333. The van der Waals surface area contributed by atoms with Crippen LogP contribution in [0, 0.1) is 0 Å². The minimum atomic E-state index is -3.49. The zero-order valence-electron chi connectivity index (χ0n) is 8.80. The standard InChI is InChI=1S/C9H13O5P/c1-11-8-5-4-6-9(7-8)14-15(10,12-2)13-3/h4-7H,1-3H3. The van der Waals surface area contributed by atoms with Gasteiger partial charge in [0.1, 0.15) is 11.5 Å². The van der Waals surface area contributed by atoms with Crippen molar-refractivity contribution in [2.24, 2.45) is 0 Å². The molecule has 0 radical (unpaired) electrons. The van der Waals surface area contributed by atoms with Gasteiger partial charge in [-0.2, -0.15) is 0 Å². The van der Waals surface area contributed by atoms with Gasteiger partial charge in [0, 0.05) is 20.3 Å². The lowest BCUT2D eigenvalue weighted by Crippen LogP contribution is -1.97. The molecule has 0 spiro atoms. The van der Waals surface area contributed by atoms with Gasteiger partial charge in [0.2, 0.25) is 0 Å². The molecule has 6 heteroatoms. The number of benzene rings is 1. The van der Waals surface area contributed by atoms with Crippen LogP contribution in [0.25, 0.3) is 0 Å². The maximum absolute atomic E-state index is 11.6. The normalized spacial score (nSPS) is 11.1. The van der Waals surface area contributed by atoms with E-state index >= 15 is 0 Å². The molecular weight excluding hydrogens is 219 g/mol. The van der Waals surface area contributed by atoms with Gasteiger partial charge in [-0.25, -0.2) is 4.57 Å². The zero-order valence-corrected chi connectivity index (χ0v) is 9.69. The van der Waals surface area contributed by atoms with Crippen LogP contribution in [0.3, 0.4) is 0 Å². The Hall–Kier alpha value is -1.03. The molecule has 1 aromatic carbocycles. The van der Waals surface area contributed by atoms with Crippen LogP contribution in [0.15, 0.2) is 24.3 Å². The van der Waals surface area contributed by atoms with Crippen LogP contribution in [0.2, 0.25) is 0 Å². The molecule has 0 amide bonds. The third-order valence-electron chi connectivity index (χ3n) is 1.71. The van der Waals surface area contributed by atoms with Crippen molar-refractivity contribution in [2.75, 3.05) is 21.3 Å². The SMILES string of the molecule is COc1cccc(OP(=O)(OC)OC)c1. The highest BCUT2D eigenvalue weighted by Crippen LogP contribution is 2.47. The van der Waals surface area contributed by atoms with Gasteiger partial charge in [0.25, 0.3) is 0 Å². The highest BCUT2D eigenvalue weighted by Gasteiger charge is 2.24. The molecule has 0 aromatic heterocycles. The highest BCUT2D eigenvalue weighted by molar-refractivity contribution is 7.48. The number of hydrogen-bond donors (Lipinski definition) is 0. The van der Waals surface area contributed by atoms with E-state index in [-0.39, 0.29) is 0 Å². The van der Waals surface area contributed by atoms with E-state index in [0.717, 1.165) is 0 Å². The molecule has 0 saturated carbocycles. The maximum atomic E-state index is 11.6. The van der Waals surface area contributed by atoms with Crippen LogP contribution in [0.1, 0.15) is 0 Å². The van der Waals surface area contributed by atoms with Crippen LogP contribution < -0.4 is 9.26 Å². The first-order valence-electron chi connectivity index (χ1n) is 4.18. The Morgan fingerprint density at radius 3 is 2.20 bits per heavy atom. The van der Waals surface area contributed by atoms with E-state index in [1.54, 1.807) is 24.3 Å². The second-order valence-electron chi connectivity index (χ2n) is 2.58. The largest absolute Gasteiger partial charge is 0.529 e. The first-order chi connectivity index (χ1) is 7.13. The summed E-state index contributed by atoms with van der Waals surface area (Å²) in [6, 6.07) is 6.68. The van der Waals surface area contributed by atoms with Crippen molar-refractivity contribution in [2.45, 2.75) is 0 Å². The second-order valence-corrected chi connectivity index (χ2v) is 4.39. The Kier molecular flexibility index (Phi) is 4.15. The van der Waals surface area contributed by atoms with Crippen LogP contribution in [0.4, 0.5) is 0 Å². The van der Waals surface area contributed by atoms with Crippen LogP contribution in [-0.4, -0.2) is 21.3 Å². The van der Waals surface area contributed by atoms with E-state index in [9.17, 15) is 4.57 Å². The molecule has 0 aliphatic rings. The molecule has 0 aliphatic carbocycles. The minimum absolute atomic E-state index is 0.362. The Labute approximate surface area is 88.5 Å². The molecule has 15 heavy (non-hydrogen) atoms. The van der Waals surface area contributed by atoms with Gasteiger partial charge in [-0.1, -0.05) is 6.07 Å². The van der Waals surface area contributed by atoms with Crippen molar-refractivity contribution in [1.82, 2.24) is 0 Å². The van der Waals surface area contributed by atoms with Gasteiger partial charge >= 0.3 is 7.82 Å². The van der Waals surface area contributed by atoms with E-state index < -0.39 is 7.82 Å². The van der Waals surface area contributed by atoms with E-state index in [1.807, 2.05) is 0 Å². The summed E-state index contributed by atoms with van der Waals surface area (Å²) in [6.45, 7) is 0. The molecule has 0 atom stereocenters. The Morgan fingerprint density at radius 1 is 1.07 bits per heavy atom. The molecule has 84 valence electrons. The molecule has 0 bridgehead atoms. The lowest BCUT2D eigenvalue weighted by atomic mass is 10.3. The number of phosphoric acid groups is 1. The fourth-order valence-corrected chi connectivity index (χ4v) is 1.61. The molecule has 0 unspecified atom stereocenters. The molecule has 0 aliphatic heterocycles. The average molecular weight is 232 g/mol. The Morgan fingerprint density at radius 2 is 1.67 bits per heavy atom. The monoisotopic (exact) mass is 232 g/mol. The summed E-state index contributed by atoms with van der Waals surface area (Å²) in [5, 5.41) is 0. The quantitative estimate of drug-likeness (QED) is 0.730. The van der Waals surface area contributed by atoms with E-state index in [4.69, 9.17) is 9.26 Å².